The monoisotopic (exact) mass is 221 g/mol. The fourth-order valence-electron chi connectivity index (χ4n) is 0.871. The third-order valence-corrected chi connectivity index (χ3v) is 2.46. The number of halogens is 1. The smallest absolute Gasteiger partial charge is 0.0991 e. The standard InChI is InChI=1S/C10H8BrN/c1-2-10(11)9-5-3-8(7-12)4-6-9/h2-6H,1H3/b10-2+. The summed E-state index contributed by atoms with van der Waals surface area (Å²) >= 11 is 3.41. The summed E-state index contributed by atoms with van der Waals surface area (Å²) in [6, 6.07) is 9.53. The average molecular weight is 222 g/mol. The van der Waals surface area contributed by atoms with Crippen LogP contribution in [0, 0.1) is 11.3 Å². The van der Waals surface area contributed by atoms with Crippen molar-refractivity contribution in [2.24, 2.45) is 0 Å². The summed E-state index contributed by atoms with van der Waals surface area (Å²) in [5.41, 5.74) is 1.78. The van der Waals surface area contributed by atoms with Crippen LogP contribution >= 0.6 is 15.9 Å². The highest BCUT2D eigenvalue weighted by atomic mass is 79.9. The van der Waals surface area contributed by atoms with Crippen LogP contribution in [0.15, 0.2) is 30.3 Å². The molecular weight excluding hydrogens is 214 g/mol. The van der Waals surface area contributed by atoms with Crippen LogP contribution in [0.4, 0.5) is 0 Å². The maximum Gasteiger partial charge on any atom is 0.0991 e. The molecule has 0 aliphatic carbocycles. The first-order chi connectivity index (χ1) is 5.77. The van der Waals surface area contributed by atoms with Gasteiger partial charge < -0.3 is 0 Å². The molecule has 0 spiro atoms. The summed E-state index contributed by atoms with van der Waals surface area (Å²) in [4.78, 5) is 0. The first-order valence-corrected chi connectivity index (χ1v) is 4.39. The Labute approximate surface area is 80.5 Å². The van der Waals surface area contributed by atoms with Crippen LogP contribution in [0.3, 0.4) is 0 Å². The zero-order valence-corrected chi connectivity index (χ0v) is 8.30. The van der Waals surface area contributed by atoms with Crippen LogP contribution in [0.5, 0.6) is 0 Å². The molecule has 0 radical (unpaired) electrons. The van der Waals surface area contributed by atoms with Crippen molar-refractivity contribution >= 4 is 20.4 Å². The number of hydrogen-bond acceptors (Lipinski definition) is 1. The molecule has 0 heterocycles. The lowest BCUT2D eigenvalue weighted by molar-refractivity contribution is 1.48. The molecule has 0 atom stereocenters. The number of nitriles is 1. The third kappa shape index (κ3) is 1.96. The Morgan fingerprint density at radius 3 is 2.42 bits per heavy atom. The molecular formula is C10H8BrN. The molecule has 0 amide bonds. The van der Waals surface area contributed by atoms with Crippen molar-refractivity contribution in [3.63, 3.8) is 0 Å². The van der Waals surface area contributed by atoms with E-state index in [0.29, 0.717) is 5.56 Å². The van der Waals surface area contributed by atoms with Crippen molar-refractivity contribution in [3.8, 4) is 6.07 Å². The van der Waals surface area contributed by atoms with E-state index in [4.69, 9.17) is 5.26 Å². The van der Waals surface area contributed by atoms with Gasteiger partial charge in [0.2, 0.25) is 0 Å². The number of nitrogens with zero attached hydrogens (tertiary/aromatic N) is 1. The van der Waals surface area contributed by atoms with Crippen molar-refractivity contribution in [2.45, 2.75) is 6.92 Å². The van der Waals surface area contributed by atoms with E-state index in [9.17, 15) is 0 Å². The van der Waals surface area contributed by atoms with E-state index < -0.39 is 0 Å². The van der Waals surface area contributed by atoms with Gasteiger partial charge in [-0.05, 0) is 24.6 Å². The van der Waals surface area contributed by atoms with Gasteiger partial charge in [0, 0.05) is 4.48 Å². The Bertz CT molecular complexity index is 330. The first kappa shape index (κ1) is 9.02. The van der Waals surface area contributed by atoms with Gasteiger partial charge in [-0.1, -0.05) is 34.1 Å². The molecule has 1 aromatic carbocycles. The molecule has 60 valence electrons. The molecule has 0 saturated carbocycles. The summed E-state index contributed by atoms with van der Waals surface area (Å²) in [5, 5.41) is 8.55. The van der Waals surface area contributed by atoms with Gasteiger partial charge in [-0.15, -0.1) is 0 Å². The molecule has 0 unspecified atom stereocenters. The van der Waals surface area contributed by atoms with Crippen molar-refractivity contribution < 1.29 is 0 Å². The van der Waals surface area contributed by atoms with Crippen molar-refractivity contribution in [3.05, 3.63) is 41.5 Å². The molecule has 1 nitrogen and oxygen atoms in total. The van der Waals surface area contributed by atoms with Crippen molar-refractivity contribution in [1.29, 1.82) is 5.26 Å². The Hall–Kier alpha value is -1.07. The van der Waals surface area contributed by atoms with E-state index in [1.807, 2.05) is 25.1 Å². The topological polar surface area (TPSA) is 23.8 Å². The highest BCUT2D eigenvalue weighted by molar-refractivity contribution is 9.15. The van der Waals surface area contributed by atoms with Crippen LogP contribution in [0.2, 0.25) is 0 Å². The highest BCUT2D eigenvalue weighted by Crippen LogP contribution is 2.20. The Balaban J connectivity index is 3.02. The molecule has 0 bridgehead atoms. The lowest BCUT2D eigenvalue weighted by Gasteiger charge is -1.97. The normalized spacial score (nSPS) is 10.9. The number of allylic oxidation sites excluding steroid dienone is 1. The van der Waals surface area contributed by atoms with Crippen LogP contribution < -0.4 is 0 Å². The molecule has 0 aromatic heterocycles. The van der Waals surface area contributed by atoms with Crippen molar-refractivity contribution in [2.75, 3.05) is 0 Å². The summed E-state index contributed by atoms with van der Waals surface area (Å²) in [7, 11) is 0. The second-order valence-electron chi connectivity index (χ2n) is 2.33. The van der Waals surface area contributed by atoms with E-state index in [-0.39, 0.29) is 0 Å². The average Bonchev–Trinajstić information content (AvgIpc) is 2.17. The predicted molar refractivity (Wildman–Crippen MR) is 53.7 cm³/mol. The van der Waals surface area contributed by atoms with Crippen LogP contribution in [-0.4, -0.2) is 0 Å². The zero-order valence-electron chi connectivity index (χ0n) is 6.71. The van der Waals surface area contributed by atoms with Gasteiger partial charge >= 0.3 is 0 Å². The number of rotatable bonds is 1. The Kier molecular flexibility index (Phi) is 3.07. The third-order valence-electron chi connectivity index (χ3n) is 1.54. The van der Waals surface area contributed by atoms with Crippen molar-refractivity contribution in [1.82, 2.24) is 0 Å². The fourth-order valence-corrected chi connectivity index (χ4v) is 1.13. The second-order valence-corrected chi connectivity index (χ2v) is 3.18. The summed E-state index contributed by atoms with van der Waals surface area (Å²) < 4.78 is 1.05. The Morgan fingerprint density at radius 2 is 2.00 bits per heavy atom. The van der Waals surface area contributed by atoms with Crippen LogP contribution in [0.25, 0.3) is 4.48 Å². The molecule has 1 rings (SSSR count). The molecule has 0 N–H and O–H groups in total. The molecule has 2 heteroatoms. The van der Waals surface area contributed by atoms with Gasteiger partial charge in [-0.2, -0.15) is 5.26 Å². The predicted octanol–water partition coefficient (Wildman–Crippen LogP) is 3.31. The van der Waals surface area contributed by atoms with Gasteiger partial charge in [0.05, 0.1) is 11.6 Å². The first-order valence-electron chi connectivity index (χ1n) is 3.60. The molecule has 0 saturated heterocycles. The SMILES string of the molecule is C/C=C(/Br)c1ccc(C#N)cc1. The van der Waals surface area contributed by atoms with E-state index in [1.165, 1.54) is 0 Å². The van der Waals surface area contributed by atoms with E-state index in [0.717, 1.165) is 10.0 Å². The maximum absolute atomic E-state index is 8.55. The summed E-state index contributed by atoms with van der Waals surface area (Å²) in [5.74, 6) is 0. The quantitative estimate of drug-likeness (QED) is 0.714. The maximum atomic E-state index is 8.55. The van der Waals surface area contributed by atoms with E-state index >= 15 is 0 Å². The van der Waals surface area contributed by atoms with Gasteiger partial charge in [0.25, 0.3) is 0 Å². The van der Waals surface area contributed by atoms with Crippen LogP contribution in [-0.2, 0) is 0 Å². The minimum absolute atomic E-state index is 0.690. The lowest BCUT2D eigenvalue weighted by Crippen LogP contribution is -1.77. The molecule has 1 aromatic rings. The zero-order chi connectivity index (χ0) is 8.97. The summed E-state index contributed by atoms with van der Waals surface area (Å²) in [6.07, 6.45) is 1.97. The minimum atomic E-state index is 0.690. The van der Waals surface area contributed by atoms with Crippen LogP contribution in [0.1, 0.15) is 18.1 Å². The molecule has 0 aliphatic rings. The molecule has 12 heavy (non-hydrogen) atoms. The summed E-state index contributed by atoms with van der Waals surface area (Å²) in [6.45, 7) is 1.96. The molecule has 0 aliphatic heterocycles. The van der Waals surface area contributed by atoms with Gasteiger partial charge in [0.15, 0.2) is 0 Å². The lowest BCUT2D eigenvalue weighted by atomic mass is 10.1. The fraction of sp³-hybridized carbons (Fsp3) is 0.100. The number of benzene rings is 1. The van der Waals surface area contributed by atoms with Gasteiger partial charge in [-0.3, -0.25) is 0 Å². The molecule has 0 fully saturated rings. The minimum Gasteiger partial charge on any atom is -0.192 e. The van der Waals surface area contributed by atoms with Gasteiger partial charge in [-0.25, -0.2) is 0 Å². The van der Waals surface area contributed by atoms with E-state index in [1.54, 1.807) is 12.1 Å². The largest absolute Gasteiger partial charge is 0.192 e. The second kappa shape index (κ2) is 4.08. The highest BCUT2D eigenvalue weighted by Gasteiger charge is 1.95. The van der Waals surface area contributed by atoms with Gasteiger partial charge in [0.1, 0.15) is 0 Å². The number of hydrogen-bond donors (Lipinski definition) is 0. The van der Waals surface area contributed by atoms with E-state index in [2.05, 4.69) is 22.0 Å². The Morgan fingerprint density at radius 1 is 1.42 bits per heavy atom.